The lowest BCUT2D eigenvalue weighted by molar-refractivity contribution is -0.107. The summed E-state index contributed by atoms with van der Waals surface area (Å²) in [5, 5.41) is 0. The van der Waals surface area contributed by atoms with Gasteiger partial charge in [0.2, 0.25) is 0 Å². The van der Waals surface area contributed by atoms with Crippen LogP contribution in [0.4, 0.5) is 0 Å². The van der Waals surface area contributed by atoms with E-state index in [0.717, 1.165) is 11.8 Å². The molecule has 0 aliphatic rings. The molecule has 1 heteroatoms. The first-order chi connectivity index (χ1) is 9.00. The van der Waals surface area contributed by atoms with Crippen LogP contribution in [-0.4, -0.2) is 6.29 Å². The molecular formula is C18H20O. The summed E-state index contributed by atoms with van der Waals surface area (Å²) in [5.41, 5.74) is 4.98. The number of aldehydes is 1. The lowest BCUT2D eigenvalue weighted by Crippen LogP contribution is -2.10. The van der Waals surface area contributed by atoms with Gasteiger partial charge in [0.15, 0.2) is 0 Å². The quantitative estimate of drug-likeness (QED) is 0.740. The molecule has 0 aromatic heterocycles. The number of carbonyl (C=O) groups excluding carboxylic acids is 1. The molecule has 0 aliphatic carbocycles. The molecule has 2 rings (SSSR count). The van der Waals surface area contributed by atoms with Crippen molar-refractivity contribution in [3.63, 3.8) is 0 Å². The maximum Gasteiger partial charge on any atom is 0.124 e. The summed E-state index contributed by atoms with van der Waals surface area (Å²) in [6, 6.07) is 16.9. The molecule has 0 aliphatic heterocycles. The molecule has 0 saturated carbocycles. The molecule has 0 heterocycles. The van der Waals surface area contributed by atoms with Gasteiger partial charge in [0, 0.05) is 6.42 Å². The van der Waals surface area contributed by atoms with Gasteiger partial charge in [-0.3, -0.25) is 0 Å². The average Bonchev–Trinajstić information content (AvgIpc) is 2.39. The van der Waals surface area contributed by atoms with Crippen LogP contribution in [0.25, 0.3) is 11.1 Å². The van der Waals surface area contributed by atoms with Crippen LogP contribution in [0.5, 0.6) is 0 Å². The Kier molecular flexibility index (Phi) is 3.84. The van der Waals surface area contributed by atoms with Crippen molar-refractivity contribution in [2.75, 3.05) is 0 Å². The van der Waals surface area contributed by atoms with Gasteiger partial charge in [-0.2, -0.15) is 0 Å². The van der Waals surface area contributed by atoms with Gasteiger partial charge in [-0.15, -0.1) is 0 Å². The number of hydrogen-bond donors (Lipinski definition) is 0. The maximum atomic E-state index is 10.5. The summed E-state index contributed by atoms with van der Waals surface area (Å²) in [5.74, 6) is 0. The third-order valence-corrected chi connectivity index (χ3v) is 3.33. The smallest absolute Gasteiger partial charge is 0.124 e. The highest BCUT2D eigenvalue weighted by Crippen LogP contribution is 2.27. The Morgan fingerprint density at radius 1 is 0.947 bits per heavy atom. The van der Waals surface area contributed by atoms with E-state index in [-0.39, 0.29) is 5.41 Å². The van der Waals surface area contributed by atoms with Crippen molar-refractivity contribution in [1.82, 2.24) is 0 Å². The highest BCUT2D eigenvalue weighted by Gasteiger charge is 2.13. The molecule has 1 nitrogen and oxygen atoms in total. The summed E-state index contributed by atoms with van der Waals surface area (Å²) in [7, 11) is 0. The van der Waals surface area contributed by atoms with Crippen molar-refractivity contribution in [3.8, 4) is 11.1 Å². The number of rotatable bonds is 3. The Balaban J connectivity index is 2.34. The summed E-state index contributed by atoms with van der Waals surface area (Å²) in [4.78, 5) is 10.5. The summed E-state index contributed by atoms with van der Waals surface area (Å²) >= 11 is 0. The van der Waals surface area contributed by atoms with Gasteiger partial charge < -0.3 is 4.79 Å². The van der Waals surface area contributed by atoms with Crippen molar-refractivity contribution >= 4 is 6.29 Å². The van der Waals surface area contributed by atoms with E-state index in [4.69, 9.17) is 0 Å². The highest BCUT2D eigenvalue weighted by atomic mass is 16.1. The predicted octanol–water partition coefficient (Wildman–Crippen LogP) is 4.39. The first kappa shape index (κ1) is 13.5. The maximum absolute atomic E-state index is 10.5. The van der Waals surface area contributed by atoms with Gasteiger partial charge in [-0.1, -0.05) is 69.3 Å². The van der Waals surface area contributed by atoms with E-state index >= 15 is 0 Å². The first-order valence-corrected chi connectivity index (χ1v) is 6.64. The minimum absolute atomic E-state index is 0.160. The van der Waals surface area contributed by atoms with E-state index in [9.17, 15) is 4.79 Å². The Morgan fingerprint density at radius 3 is 2.21 bits per heavy atom. The minimum atomic E-state index is 0.160. The lowest BCUT2D eigenvalue weighted by Gasteiger charge is -2.19. The molecule has 0 atom stereocenters. The first-order valence-electron chi connectivity index (χ1n) is 6.64. The van der Waals surface area contributed by atoms with Gasteiger partial charge in [0.25, 0.3) is 0 Å². The number of hydrogen-bond acceptors (Lipinski definition) is 1. The minimum Gasteiger partial charge on any atom is -0.303 e. The summed E-state index contributed by atoms with van der Waals surface area (Å²) in [6.07, 6.45) is 1.43. The second-order valence-corrected chi connectivity index (χ2v) is 5.90. The second-order valence-electron chi connectivity index (χ2n) is 5.90. The molecule has 0 radical (unpaired) electrons. The molecular weight excluding hydrogens is 232 g/mol. The Morgan fingerprint density at radius 2 is 1.63 bits per heavy atom. The van der Waals surface area contributed by atoms with Crippen LogP contribution >= 0.6 is 0 Å². The van der Waals surface area contributed by atoms with Crippen molar-refractivity contribution in [2.24, 2.45) is 0 Å². The zero-order valence-corrected chi connectivity index (χ0v) is 11.8. The third-order valence-electron chi connectivity index (χ3n) is 3.33. The van der Waals surface area contributed by atoms with Crippen molar-refractivity contribution in [3.05, 3.63) is 59.7 Å². The van der Waals surface area contributed by atoms with E-state index in [2.05, 4.69) is 57.2 Å². The van der Waals surface area contributed by atoms with Gasteiger partial charge in [0.05, 0.1) is 0 Å². The molecule has 0 fully saturated rings. The molecule has 98 valence electrons. The topological polar surface area (TPSA) is 17.1 Å². The van der Waals surface area contributed by atoms with E-state index in [1.165, 1.54) is 16.7 Å². The molecule has 0 bridgehead atoms. The van der Waals surface area contributed by atoms with Crippen LogP contribution in [0, 0.1) is 0 Å². The number of benzene rings is 2. The Hall–Kier alpha value is -1.89. The van der Waals surface area contributed by atoms with Crippen LogP contribution < -0.4 is 0 Å². The summed E-state index contributed by atoms with van der Waals surface area (Å²) in [6.45, 7) is 6.66. The standard InChI is InChI=1S/C18H20O/c1-18(2,3)17-6-4-5-16(13-17)15-9-7-14(8-10-15)11-12-19/h4-10,12-13H,11H2,1-3H3. The molecule has 2 aromatic rings. The van der Waals surface area contributed by atoms with Gasteiger partial charge in [-0.05, 0) is 27.7 Å². The molecule has 19 heavy (non-hydrogen) atoms. The fourth-order valence-electron chi connectivity index (χ4n) is 2.09. The van der Waals surface area contributed by atoms with Crippen LogP contribution in [0.2, 0.25) is 0 Å². The zero-order chi connectivity index (χ0) is 13.9. The van der Waals surface area contributed by atoms with E-state index in [1.54, 1.807) is 0 Å². The van der Waals surface area contributed by atoms with Crippen LogP contribution in [-0.2, 0) is 16.6 Å². The molecule has 0 saturated heterocycles. The van der Waals surface area contributed by atoms with Gasteiger partial charge in [-0.25, -0.2) is 0 Å². The van der Waals surface area contributed by atoms with Crippen LogP contribution in [0.15, 0.2) is 48.5 Å². The van der Waals surface area contributed by atoms with E-state index < -0.39 is 0 Å². The van der Waals surface area contributed by atoms with Gasteiger partial charge in [0.1, 0.15) is 6.29 Å². The fourth-order valence-corrected chi connectivity index (χ4v) is 2.09. The number of carbonyl (C=O) groups is 1. The lowest BCUT2D eigenvalue weighted by atomic mass is 9.85. The molecule has 2 aromatic carbocycles. The third kappa shape index (κ3) is 3.31. The normalized spacial score (nSPS) is 11.3. The van der Waals surface area contributed by atoms with E-state index in [0.29, 0.717) is 6.42 Å². The monoisotopic (exact) mass is 252 g/mol. The fraction of sp³-hybridized carbons (Fsp3) is 0.278. The van der Waals surface area contributed by atoms with Crippen molar-refractivity contribution in [1.29, 1.82) is 0 Å². The predicted molar refractivity (Wildman–Crippen MR) is 80.3 cm³/mol. The average molecular weight is 252 g/mol. The van der Waals surface area contributed by atoms with Gasteiger partial charge >= 0.3 is 0 Å². The molecule has 0 amide bonds. The SMILES string of the molecule is CC(C)(C)c1cccc(-c2ccc(CC=O)cc2)c1. The van der Waals surface area contributed by atoms with Crippen LogP contribution in [0.1, 0.15) is 31.9 Å². The Labute approximate surface area is 115 Å². The van der Waals surface area contributed by atoms with E-state index in [1.807, 2.05) is 12.1 Å². The largest absolute Gasteiger partial charge is 0.303 e. The summed E-state index contributed by atoms with van der Waals surface area (Å²) < 4.78 is 0. The molecule has 0 spiro atoms. The highest BCUT2D eigenvalue weighted by molar-refractivity contribution is 5.65. The zero-order valence-electron chi connectivity index (χ0n) is 11.8. The van der Waals surface area contributed by atoms with Crippen molar-refractivity contribution in [2.45, 2.75) is 32.6 Å². The van der Waals surface area contributed by atoms with Crippen LogP contribution in [0.3, 0.4) is 0 Å². The molecule has 0 unspecified atom stereocenters. The second kappa shape index (κ2) is 5.40. The Bertz CT molecular complexity index is 559. The van der Waals surface area contributed by atoms with Crippen molar-refractivity contribution < 1.29 is 4.79 Å². The molecule has 0 N–H and O–H groups in total.